The Morgan fingerprint density at radius 2 is 1.92 bits per heavy atom. The van der Waals surface area contributed by atoms with Gasteiger partial charge in [0.2, 0.25) is 0 Å². The Hall–Kier alpha value is -0.530. The second kappa shape index (κ2) is 6.04. The zero-order valence-corrected chi connectivity index (χ0v) is 8.54. The molecule has 2 heteroatoms. The minimum absolute atomic E-state index is 0.0523. The largest absolute Gasteiger partial charge is 0.465 e. The molecule has 0 spiro atoms. The van der Waals surface area contributed by atoms with E-state index in [9.17, 15) is 4.79 Å². The Morgan fingerprint density at radius 3 is 2.33 bits per heavy atom. The molecule has 0 fully saturated rings. The molecule has 12 heavy (non-hydrogen) atoms. The van der Waals surface area contributed by atoms with Gasteiger partial charge < -0.3 is 4.74 Å². The van der Waals surface area contributed by atoms with Crippen LogP contribution in [0.2, 0.25) is 0 Å². The van der Waals surface area contributed by atoms with E-state index in [0.29, 0.717) is 12.4 Å². The van der Waals surface area contributed by atoms with Gasteiger partial charge in [-0.1, -0.05) is 27.2 Å². The maximum absolute atomic E-state index is 10.1. The highest BCUT2D eigenvalue weighted by molar-refractivity contribution is 5.37. The smallest absolute Gasteiger partial charge is 0.293 e. The molecule has 0 aliphatic rings. The van der Waals surface area contributed by atoms with Gasteiger partial charge in [-0.15, -0.1) is 0 Å². The minimum atomic E-state index is 0.0523. The first-order chi connectivity index (χ1) is 5.61. The monoisotopic (exact) mass is 172 g/mol. The Kier molecular flexibility index (Phi) is 5.77. The van der Waals surface area contributed by atoms with Gasteiger partial charge in [0.05, 0.1) is 0 Å². The van der Waals surface area contributed by atoms with Crippen molar-refractivity contribution in [2.75, 3.05) is 0 Å². The van der Waals surface area contributed by atoms with Crippen molar-refractivity contribution in [1.82, 2.24) is 0 Å². The Labute approximate surface area is 75.3 Å². The van der Waals surface area contributed by atoms with E-state index in [0.717, 1.165) is 12.3 Å². The van der Waals surface area contributed by atoms with Crippen LogP contribution in [0, 0.1) is 11.8 Å². The van der Waals surface area contributed by atoms with Crippen molar-refractivity contribution in [1.29, 1.82) is 0 Å². The third-order valence-corrected chi connectivity index (χ3v) is 2.54. The molecule has 72 valence electrons. The lowest BCUT2D eigenvalue weighted by atomic mass is 9.92. The number of hydrogen-bond acceptors (Lipinski definition) is 2. The topological polar surface area (TPSA) is 26.3 Å². The molecular formula is C10H20O2. The second-order valence-corrected chi connectivity index (χ2v) is 3.66. The summed E-state index contributed by atoms with van der Waals surface area (Å²) in [6.45, 7) is 9.02. The molecule has 0 saturated heterocycles. The first kappa shape index (κ1) is 11.5. The lowest BCUT2D eigenvalue weighted by Crippen LogP contribution is -2.19. The molecule has 0 aromatic rings. The van der Waals surface area contributed by atoms with E-state index < -0.39 is 0 Å². The van der Waals surface area contributed by atoms with Crippen molar-refractivity contribution in [3.05, 3.63) is 0 Å². The van der Waals surface area contributed by atoms with Crippen LogP contribution in [0.15, 0.2) is 0 Å². The number of carbonyl (C=O) groups is 1. The fourth-order valence-electron chi connectivity index (χ4n) is 1.21. The van der Waals surface area contributed by atoms with Crippen LogP contribution >= 0.6 is 0 Å². The molecule has 0 N–H and O–H groups in total. The van der Waals surface area contributed by atoms with Crippen LogP contribution < -0.4 is 0 Å². The zero-order valence-electron chi connectivity index (χ0n) is 8.54. The average Bonchev–Trinajstić information content (AvgIpc) is 2.04. The van der Waals surface area contributed by atoms with Gasteiger partial charge in [-0.05, 0) is 25.2 Å². The summed E-state index contributed by atoms with van der Waals surface area (Å²) in [7, 11) is 0. The van der Waals surface area contributed by atoms with Crippen LogP contribution in [0.1, 0.15) is 40.5 Å². The van der Waals surface area contributed by atoms with Crippen molar-refractivity contribution >= 4 is 6.47 Å². The highest BCUT2D eigenvalue weighted by Crippen LogP contribution is 2.18. The summed E-state index contributed by atoms with van der Waals surface area (Å²) in [6, 6.07) is 0. The van der Waals surface area contributed by atoms with Crippen LogP contribution in [0.25, 0.3) is 0 Å². The lowest BCUT2D eigenvalue weighted by Gasteiger charge is -2.20. The predicted molar refractivity (Wildman–Crippen MR) is 49.8 cm³/mol. The third kappa shape index (κ3) is 4.37. The van der Waals surface area contributed by atoms with Crippen molar-refractivity contribution in [3.63, 3.8) is 0 Å². The molecule has 0 aliphatic heterocycles. The van der Waals surface area contributed by atoms with Gasteiger partial charge in [0.1, 0.15) is 6.10 Å². The van der Waals surface area contributed by atoms with Crippen LogP contribution in [-0.2, 0) is 9.53 Å². The van der Waals surface area contributed by atoms with Crippen LogP contribution in [0.4, 0.5) is 0 Å². The van der Waals surface area contributed by atoms with Crippen molar-refractivity contribution in [2.45, 2.75) is 46.6 Å². The Morgan fingerprint density at radius 1 is 1.33 bits per heavy atom. The Balaban J connectivity index is 3.69. The van der Waals surface area contributed by atoms with Gasteiger partial charge in [0.15, 0.2) is 0 Å². The highest BCUT2D eigenvalue weighted by Gasteiger charge is 2.14. The summed E-state index contributed by atoms with van der Waals surface area (Å²) in [5, 5.41) is 0. The van der Waals surface area contributed by atoms with Crippen LogP contribution in [0.3, 0.4) is 0 Å². The fraction of sp³-hybridized carbons (Fsp3) is 0.900. The summed E-state index contributed by atoms with van der Waals surface area (Å²) in [4.78, 5) is 10.1. The van der Waals surface area contributed by atoms with E-state index in [4.69, 9.17) is 4.74 Å². The molecule has 2 nitrogen and oxygen atoms in total. The number of ether oxygens (including phenoxy) is 1. The number of hydrogen-bond donors (Lipinski definition) is 0. The SMILES string of the molecule is CCC(C)CC(C)C(C)OC=O. The summed E-state index contributed by atoms with van der Waals surface area (Å²) >= 11 is 0. The molecule has 0 amide bonds. The molecule has 0 bridgehead atoms. The van der Waals surface area contributed by atoms with Gasteiger partial charge in [-0.25, -0.2) is 0 Å². The summed E-state index contributed by atoms with van der Waals surface area (Å²) in [5.41, 5.74) is 0. The summed E-state index contributed by atoms with van der Waals surface area (Å²) in [5.74, 6) is 1.18. The first-order valence-electron chi connectivity index (χ1n) is 4.70. The predicted octanol–water partition coefficient (Wildman–Crippen LogP) is 2.62. The van der Waals surface area contributed by atoms with E-state index in [-0.39, 0.29) is 6.10 Å². The molecule has 0 rings (SSSR count). The van der Waals surface area contributed by atoms with Gasteiger partial charge in [-0.2, -0.15) is 0 Å². The molecule has 0 aromatic heterocycles. The molecule has 0 aromatic carbocycles. The van der Waals surface area contributed by atoms with Crippen molar-refractivity contribution < 1.29 is 9.53 Å². The van der Waals surface area contributed by atoms with Gasteiger partial charge in [0.25, 0.3) is 6.47 Å². The van der Waals surface area contributed by atoms with Crippen LogP contribution in [-0.4, -0.2) is 12.6 Å². The molecule has 3 unspecified atom stereocenters. The number of carbonyl (C=O) groups excluding carboxylic acids is 1. The maximum atomic E-state index is 10.1. The summed E-state index contributed by atoms with van der Waals surface area (Å²) < 4.78 is 4.87. The van der Waals surface area contributed by atoms with E-state index in [1.807, 2.05) is 6.92 Å². The molecule has 0 aliphatic carbocycles. The quantitative estimate of drug-likeness (QED) is 0.576. The van der Waals surface area contributed by atoms with Gasteiger partial charge in [-0.3, -0.25) is 4.79 Å². The average molecular weight is 172 g/mol. The zero-order chi connectivity index (χ0) is 9.56. The number of rotatable bonds is 6. The highest BCUT2D eigenvalue weighted by atomic mass is 16.5. The van der Waals surface area contributed by atoms with Gasteiger partial charge >= 0.3 is 0 Å². The molecule has 0 heterocycles. The van der Waals surface area contributed by atoms with E-state index >= 15 is 0 Å². The van der Waals surface area contributed by atoms with E-state index in [1.165, 1.54) is 6.42 Å². The molecular weight excluding hydrogens is 152 g/mol. The molecule has 0 saturated carbocycles. The van der Waals surface area contributed by atoms with E-state index in [1.54, 1.807) is 0 Å². The van der Waals surface area contributed by atoms with Crippen LogP contribution in [0.5, 0.6) is 0 Å². The lowest BCUT2D eigenvalue weighted by molar-refractivity contribution is -0.135. The van der Waals surface area contributed by atoms with Crippen molar-refractivity contribution in [2.24, 2.45) is 11.8 Å². The third-order valence-electron chi connectivity index (χ3n) is 2.54. The molecule has 3 atom stereocenters. The maximum Gasteiger partial charge on any atom is 0.293 e. The first-order valence-corrected chi connectivity index (χ1v) is 4.70. The second-order valence-electron chi connectivity index (χ2n) is 3.66. The van der Waals surface area contributed by atoms with Gasteiger partial charge in [0, 0.05) is 0 Å². The molecule has 0 radical (unpaired) electrons. The summed E-state index contributed by atoms with van der Waals surface area (Å²) in [6.07, 6.45) is 2.38. The fourth-order valence-corrected chi connectivity index (χ4v) is 1.21. The van der Waals surface area contributed by atoms with Crippen molar-refractivity contribution in [3.8, 4) is 0 Å². The van der Waals surface area contributed by atoms with E-state index in [2.05, 4.69) is 20.8 Å². The minimum Gasteiger partial charge on any atom is -0.465 e. The normalized spacial score (nSPS) is 18.0. The Bertz CT molecular complexity index is 123. The standard InChI is InChI=1S/C10H20O2/c1-5-8(2)6-9(3)10(4)12-7-11/h7-10H,5-6H2,1-4H3.